The van der Waals surface area contributed by atoms with Gasteiger partial charge in [0, 0.05) is 12.1 Å². The van der Waals surface area contributed by atoms with Crippen molar-refractivity contribution in [2.75, 3.05) is 10.8 Å². The quantitative estimate of drug-likeness (QED) is 0.405. The number of hydrogen-bond donors (Lipinski definition) is 0. The molecule has 144 valence electrons. The van der Waals surface area contributed by atoms with Gasteiger partial charge in [0.05, 0.1) is 21.6 Å². The number of non-ortho nitro benzene ring substituents is 1. The van der Waals surface area contributed by atoms with Gasteiger partial charge in [0.15, 0.2) is 0 Å². The van der Waals surface area contributed by atoms with E-state index in [-0.39, 0.29) is 10.6 Å². The third-order valence-corrected chi connectivity index (χ3v) is 5.14. The molecule has 0 aromatic heterocycles. The maximum absolute atomic E-state index is 13.2. The predicted molar refractivity (Wildman–Crippen MR) is 95.3 cm³/mol. The lowest BCUT2D eigenvalue weighted by molar-refractivity contribution is -0.385. The third-order valence-electron chi connectivity index (χ3n) is 3.37. The van der Waals surface area contributed by atoms with E-state index < -0.39 is 45.1 Å². The second-order valence-electron chi connectivity index (χ2n) is 5.78. The fraction of sp³-hybridized carbons (Fsp3) is 0.235. The Bertz CT molecular complexity index is 944. The molecular weight excluding hydrogens is 379 g/mol. The second kappa shape index (κ2) is 8.12. The summed E-state index contributed by atoms with van der Waals surface area (Å²) in [6.45, 7) is 2.54. The molecule has 0 radical (unpaired) electrons. The van der Waals surface area contributed by atoms with Crippen LogP contribution in [0.2, 0.25) is 0 Å². The van der Waals surface area contributed by atoms with Gasteiger partial charge in [-0.25, -0.2) is 12.8 Å². The van der Waals surface area contributed by atoms with Crippen LogP contribution in [-0.4, -0.2) is 32.0 Å². The van der Waals surface area contributed by atoms with E-state index >= 15 is 0 Å². The summed E-state index contributed by atoms with van der Waals surface area (Å²) in [5.41, 5.74) is -0.400. The lowest BCUT2D eigenvalue weighted by atomic mass is 10.3. The highest BCUT2D eigenvalue weighted by molar-refractivity contribution is 7.92. The molecule has 0 saturated heterocycles. The molecule has 0 amide bonds. The number of nitro benzene ring substituents is 1. The van der Waals surface area contributed by atoms with Crippen molar-refractivity contribution in [2.45, 2.75) is 24.8 Å². The first-order valence-corrected chi connectivity index (χ1v) is 9.27. The molecule has 0 N–H and O–H groups in total. The highest BCUT2D eigenvalue weighted by Gasteiger charge is 2.29. The van der Waals surface area contributed by atoms with Gasteiger partial charge in [-0.2, -0.15) is 0 Å². The first-order valence-electron chi connectivity index (χ1n) is 7.83. The zero-order valence-corrected chi connectivity index (χ0v) is 15.3. The van der Waals surface area contributed by atoms with Crippen molar-refractivity contribution in [3.8, 4) is 0 Å². The predicted octanol–water partition coefficient (Wildman–Crippen LogP) is 2.88. The molecule has 27 heavy (non-hydrogen) atoms. The minimum atomic E-state index is -4.35. The Kier molecular flexibility index (Phi) is 6.11. The Morgan fingerprint density at radius 3 is 2.41 bits per heavy atom. The van der Waals surface area contributed by atoms with E-state index in [0.717, 1.165) is 28.6 Å². The maximum Gasteiger partial charge on any atom is 0.327 e. The van der Waals surface area contributed by atoms with Crippen molar-refractivity contribution in [3.05, 3.63) is 64.5 Å². The molecule has 0 aliphatic heterocycles. The third kappa shape index (κ3) is 5.00. The van der Waals surface area contributed by atoms with Crippen LogP contribution in [0.15, 0.2) is 53.4 Å². The van der Waals surface area contributed by atoms with Gasteiger partial charge in [-0.05, 0) is 44.2 Å². The van der Waals surface area contributed by atoms with Gasteiger partial charge in [0.2, 0.25) is 0 Å². The highest BCUT2D eigenvalue weighted by atomic mass is 32.2. The molecule has 2 rings (SSSR count). The summed E-state index contributed by atoms with van der Waals surface area (Å²) >= 11 is 0. The Balaban J connectivity index is 2.50. The number of anilines is 1. The standard InChI is InChI=1S/C17H17FN2O6S/c1-12(2)26-17(21)11-19(14-8-6-13(18)7-9-14)27(24,25)16-5-3-4-15(10-16)20(22)23/h3-10,12H,11H2,1-2H3. The number of nitrogens with zero attached hydrogens (tertiary/aromatic N) is 2. The molecule has 8 nitrogen and oxygen atoms in total. The van der Waals surface area contributed by atoms with E-state index in [2.05, 4.69) is 0 Å². The Hall–Kier alpha value is -3.01. The molecule has 0 unspecified atom stereocenters. The van der Waals surface area contributed by atoms with Crippen molar-refractivity contribution in [3.63, 3.8) is 0 Å². The van der Waals surface area contributed by atoms with Crippen LogP contribution in [0.1, 0.15) is 13.8 Å². The fourth-order valence-electron chi connectivity index (χ4n) is 2.22. The van der Waals surface area contributed by atoms with Gasteiger partial charge in [-0.15, -0.1) is 0 Å². The van der Waals surface area contributed by atoms with Gasteiger partial charge in [-0.1, -0.05) is 6.07 Å². The number of nitro groups is 1. The number of esters is 1. The van der Waals surface area contributed by atoms with E-state index in [4.69, 9.17) is 4.74 Å². The summed E-state index contributed by atoms with van der Waals surface area (Å²) in [7, 11) is -4.35. The Labute approximate surface area is 155 Å². The van der Waals surface area contributed by atoms with Crippen molar-refractivity contribution >= 4 is 27.4 Å². The van der Waals surface area contributed by atoms with Gasteiger partial charge in [-0.3, -0.25) is 19.2 Å². The van der Waals surface area contributed by atoms with Crippen LogP contribution in [0.4, 0.5) is 15.8 Å². The molecule has 10 heteroatoms. The molecule has 2 aromatic carbocycles. The number of rotatable bonds is 7. The zero-order valence-electron chi connectivity index (χ0n) is 14.5. The smallest absolute Gasteiger partial charge is 0.327 e. The van der Waals surface area contributed by atoms with Crippen molar-refractivity contribution in [1.29, 1.82) is 0 Å². The van der Waals surface area contributed by atoms with Crippen LogP contribution in [0, 0.1) is 15.9 Å². The van der Waals surface area contributed by atoms with E-state index in [0.29, 0.717) is 0 Å². The summed E-state index contributed by atoms with van der Waals surface area (Å²) in [4.78, 5) is 21.9. The maximum atomic E-state index is 13.2. The molecule has 2 aromatic rings. The monoisotopic (exact) mass is 396 g/mol. The average molecular weight is 396 g/mol. The van der Waals surface area contributed by atoms with Crippen LogP contribution in [0.3, 0.4) is 0 Å². The van der Waals surface area contributed by atoms with Gasteiger partial charge < -0.3 is 4.74 Å². The Morgan fingerprint density at radius 2 is 1.85 bits per heavy atom. The van der Waals surface area contributed by atoms with Gasteiger partial charge >= 0.3 is 5.97 Å². The van der Waals surface area contributed by atoms with E-state index in [1.807, 2.05) is 0 Å². The van der Waals surface area contributed by atoms with E-state index in [1.165, 1.54) is 24.3 Å². The molecule has 0 heterocycles. The Morgan fingerprint density at radius 1 is 1.22 bits per heavy atom. The summed E-state index contributed by atoms with van der Waals surface area (Å²) in [5, 5.41) is 10.9. The SMILES string of the molecule is CC(C)OC(=O)CN(c1ccc(F)cc1)S(=O)(=O)c1cccc([N+](=O)[O-])c1. The first kappa shape index (κ1) is 20.3. The fourth-order valence-corrected chi connectivity index (χ4v) is 3.67. The van der Waals surface area contributed by atoms with Crippen LogP contribution in [0.5, 0.6) is 0 Å². The minimum Gasteiger partial charge on any atom is -0.462 e. The van der Waals surface area contributed by atoms with Crippen LogP contribution < -0.4 is 4.31 Å². The van der Waals surface area contributed by atoms with Crippen molar-refractivity contribution in [2.24, 2.45) is 0 Å². The second-order valence-corrected chi connectivity index (χ2v) is 7.64. The summed E-state index contributed by atoms with van der Waals surface area (Å²) < 4.78 is 45.0. The lowest BCUT2D eigenvalue weighted by Gasteiger charge is -2.24. The summed E-state index contributed by atoms with van der Waals surface area (Å²) in [6.07, 6.45) is -0.465. The molecule has 0 saturated carbocycles. The van der Waals surface area contributed by atoms with Crippen LogP contribution in [-0.2, 0) is 19.6 Å². The topological polar surface area (TPSA) is 107 Å². The van der Waals surface area contributed by atoms with E-state index in [9.17, 15) is 27.7 Å². The highest BCUT2D eigenvalue weighted by Crippen LogP contribution is 2.26. The van der Waals surface area contributed by atoms with Crippen molar-refractivity contribution < 1.29 is 27.3 Å². The first-order chi connectivity index (χ1) is 12.6. The van der Waals surface area contributed by atoms with Gasteiger partial charge in [0.1, 0.15) is 12.4 Å². The minimum absolute atomic E-state index is 0.0172. The number of carbonyl (C=O) groups is 1. The lowest BCUT2D eigenvalue weighted by Crippen LogP contribution is -2.37. The van der Waals surface area contributed by atoms with Gasteiger partial charge in [0.25, 0.3) is 15.7 Å². The molecule has 0 aliphatic carbocycles. The number of benzene rings is 2. The summed E-state index contributed by atoms with van der Waals surface area (Å²) in [6, 6.07) is 8.89. The molecule has 0 bridgehead atoms. The van der Waals surface area contributed by atoms with E-state index in [1.54, 1.807) is 13.8 Å². The number of carbonyl (C=O) groups excluding carboxylic acids is 1. The number of ether oxygens (including phenoxy) is 1. The largest absolute Gasteiger partial charge is 0.462 e. The number of halogens is 1. The average Bonchev–Trinajstić information content (AvgIpc) is 2.60. The normalized spacial score (nSPS) is 11.3. The molecular formula is C17H17FN2O6S. The zero-order chi connectivity index (χ0) is 20.2. The van der Waals surface area contributed by atoms with Crippen LogP contribution in [0.25, 0.3) is 0 Å². The number of hydrogen-bond acceptors (Lipinski definition) is 6. The van der Waals surface area contributed by atoms with Crippen LogP contribution >= 0.6 is 0 Å². The summed E-state index contributed by atoms with van der Waals surface area (Å²) in [5.74, 6) is -1.40. The van der Waals surface area contributed by atoms with Crippen molar-refractivity contribution in [1.82, 2.24) is 0 Å². The number of sulfonamides is 1. The molecule has 0 aliphatic rings. The molecule has 0 atom stereocenters. The molecule has 0 spiro atoms. The molecule has 0 fully saturated rings.